The number of hydrogen-bond acceptors (Lipinski definition) is 3. The molecule has 1 unspecified atom stereocenters. The number of carboxylic acids is 1. The van der Waals surface area contributed by atoms with Crippen molar-refractivity contribution in [1.82, 2.24) is 5.32 Å². The highest BCUT2D eigenvalue weighted by atomic mass is 16.4. The molecule has 0 aromatic rings. The molecule has 0 saturated heterocycles. The second-order valence-corrected chi connectivity index (χ2v) is 5.85. The van der Waals surface area contributed by atoms with E-state index in [-0.39, 0.29) is 17.9 Å². The van der Waals surface area contributed by atoms with E-state index in [4.69, 9.17) is 5.73 Å². The van der Waals surface area contributed by atoms with Crippen LogP contribution in [0.25, 0.3) is 0 Å². The Morgan fingerprint density at radius 1 is 1.22 bits per heavy atom. The van der Waals surface area contributed by atoms with E-state index >= 15 is 0 Å². The molecular formula is C13H26N2O3. The lowest BCUT2D eigenvalue weighted by atomic mass is 9.81. The summed E-state index contributed by atoms with van der Waals surface area (Å²) in [5, 5.41) is 11.9. The fourth-order valence-electron chi connectivity index (χ4n) is 1.64. The highest BCUT2D eigenvalue weighted by Gasteiger charge is 2.36. The van der Waals surface area contributed by atoms with Gasteiger partial charge in [-0.3, -0.25) is 9.59 Å². The molecule has 0 rings (SSSR count). The van der Waals surface area contributed by atoms with Gasteiger partial charge in [-0.05, 0) is 18.3 Å². The Morgan fingerprint density at radius 3 is 1.94 bits per heavy atom. The zero-order valence-electron chi connectivity index (χ0n) is 12.0. The molecule has 0 heterocycles. The van der Waals surface area contributed by atoms with Gasteiger partial charge in [-0.25, -0.2) is 0 Å². The Kier molecular flexibility index (Phi) is 5.80. The largest absolute Gasteiger partial charge is 0.481 e. The molecule has 0 aliphatic carbocycles. The molecule has 0 saturated carbocycles. The molecule has 1 amide bonds. The summed E-state index contributed by atoms with van der Waals surface area (Å²) < 4.78 is 0. The molecule has 5 nitrogen and oxygen atoms in total. The van der Waals surface area contributed by atoms with Gasteiger partial charge < -0.3 is 16.2 Å². The first-order valence-electron chi connectivity index (χ1n) is 6.37. The van der Waals surface area contributed by atoms with Gasteiger partial charge in [0.1, 0.15) is 0 Å². The molecule has 0 fully saturated rings. The van der Waals surface area contributed by atoms with Crippen molar-refractivity contribution >= 4 is 11.9 Å². The Morgan fingerprint density at radius 2 is 1.67 bits per heavy atom. The zero-order chi connectivity index (χ0) is 14.6. The van der Waals surface area contributed by atoms with Crippen molar-refractivity contribution < 1.29 is 14.7 Å². The number of rotatable bonds is 6. The van der Waals surface area contributed by atoms with Crippen molar-refractivity contribution in [2.75, 3.05) is 6.54 Å². The lowest BCUT2D eigenvalue weighted by Crippen LogP contribution is -2.52. The van der Waals surface area contributed by atoms with E-state index in [1.54, 1.807) is 0 Å². The molecule has 0 aliphatic rings. The number of nitrogens with two attached hydrogens (primary N) is 1. The third-order valence-electron chi connectivity index (χ3n) is 3.62. The van der Waals surface area contributed by atoms with E-state index in [2.05, 4.69) is 5.32 Å². The van der Waals surface area contributed by atoms with Gasteiger partial charge in [0.2, 0.25) is 5.91 Å². The van der Waals surface area contributed by atoms with E-state index in [9.17, 15) is 14.7 Å². The number of hydrogen-bond donors (Lipinski definition) is 3. The monoisotopic (exact) mass is 258 g/mol. The van der Waals surface area contributed by atoms with E-state index in [1.807, 2.05) is 34.6 Å². The molecule has 0 radical (unpaired) electrons. The van der Waals surface area contributed by atoms with Gasteiger partial charge >= 0.3 is 5.97 Å². The van der Waals surface area contributed by atoms with Crippen molar-refractivity contribution in [2.24, 2.45) is 16.6 Å². The van der Waals surface area contributed by atoms with Gasteiger partial charge in [-0.2, -0.15) is 0 Å². The molecule has 18 heavy (non-hydrogen) atoms. The van der Waals surface area contributed by atoms with Crippen molar-refractivity contribution in [2.45, 2.75) is 53.5 Å². The van der Waals surface area contributed by atoms with Crippen LogP contribution in [0.4, 0.5) is 0 Å². The van der Waals surface area contributed by atoms with Gasteiger partial charge in [0.05, 0.1) is 11.5 Å². The Labute approximate surface area is 109 Å². The quantitative estimate of drug-likeness (QED) is 0.671. The van der Waals surface area contributed by atoms with Crippen LogP contribution in [-0.2, 0) is 9.59 Å². The van der Waals surface area contributed by atoms with Crippen LogP contribution in [-0.4, -0.2) is 29.6 Å². The lowest BCUT2D eigenvalue weighted by Gasteiger charge is -2.30. The highest BCUT2D eigenvalue weighted by Crippen LogP contribution is 2.26. The molecule has 0 aromatic carbocycles. The Bertz CT molecular complexity index is 304. The number of nitrogens with one attached hydrogen (secondary N) is 1. The van der Waals surface area contributed by atoms with Crippen LogP contribution in [0.5, 0.6) is 0 Å². The van der Waals surface area contributed by atoms with Crippen LogP contribution in [0.3, 0.4) is 0 Å². The number of carboxylic acid groups (broad SMARTS) is 1. The second kappa shape index (κ2) is 6.18. The molecule has 0 aromatic heterocycles. The summed E-state index contributed by atoms with van der Waals surface area (Å²) in [6, 6.07) is -0.641. The summed E-state index contributed by atoms with van der Waals surface area (Å²) in [6.07, 6.45) is 0.952. The summed E-state index contributed by atoms with van der Waals surface area (Å²) in [6.45, 7) is 9.38. The number of aliphatic carboxylic acids is 1. The van der Waals surface area contributed by atoms with Crippen molar-refractivity contribution in [3.05, 3.63) is 0 Å². The summed E-state index contributed by atoms with van der Waals surface area (Å²) in [5.41, 5.74) is 4.59. The molecule has 106 valence electrons. The maximum Gasteiger partial charge on any atom is 0.311 e. The molecule has 0 spiro atoms. The number of carbonyl (C=O) groups excluding carboxylic acids is 1. The summed E-state index contributed by atoms with van der Waals surface area (Å²) >= 11 is 0. The molecular weight excluding hydrogens is 232 g/mol. The minimum Gasteiger partial charge on any atom is -0.481 e. The standard InChI is InChI=1S/C13H26N2O3/c1-6-13(7-2,11(17)18)8-15-10(16)9(14)12(3,4)5/h9H,6-8,14H2,1-5H3,(H,15,16)(H,17,18). The molecule has 0 aliphatic heterocycles. The fourth-order valence-corrected chi connectivity index (χ4v) is 1.64. The minimum atomic E-state index is -0.896. The Hall–Kier alpha value is -1.10. The third-order valence-corrected chi connectivity index (χ3v) is 3.62. The molecule has 4 N–H and O–H groups in total. The first kappa shape index (κ1) is 16.9. The minimum absolute atomic E-state index is 0.123. The zero-order valence-corrected chi connectivity index (χ0v) is 12.0. The van der Waals surface area contributed by atoms with Gasteiger partial charge in [-0.15, -0.1) is 0 Å². The fraction of sp³-hybridized carbons (Fsp3) is 0.846. The summed E-state index contributed by atoms with van der Waals surface area (Å²) in [7, 11) is 0. The number of carbonyl (C=O) groups is 2. The van der Waals surface area contributed by atoms with Crippen LogP contribution in [0.1, 0.15) is 47.5 Å². The third kappa shape index (κ3) is 3.98. The normalized spacial score (nSPS) is 14.1. The topological polar surface area (TPSA) is 92.4 Å². The Balaban J connectivity index is 4.65. The van der Waals surface area contributed by atoms with E-state index in [0.717, 1.165) is 0 Å². The maximum absolute atomic E-state index is 11.9. The SMILES string of the molecule is CCC(CC)(CNC(=O)C(N)C(C)(C)C)C(=O)O. The first-order chi connectivity index (χ1) is 8.10. The first-order valence-corrected chi connectivity index (χ1v) is 6.37. The van der Waals surface area contributed by atoms with Gasteiger partial charge in [0.15, 0.2) is 0 Å². The van der Waals surface area contributed by atoms with E-state index < -0.39 is 17.4 Å². The van der Waals surface area contributed by atoms with Crippen LogP contribution in [0.2, 0.25) is 0 Å². The van der Waals surface area contributed by atoms with Crippen LogP contribution >= 0.6 is 0 Å². The molecule has 0 bridgehead atoms. The van der Waals surface area contributed by atoms with Gasteiger partial charge in [-0.1, -0.05) is 34.6 Å². The summed E-state index contributed by atoms with van der Waals surface area (Å²) in [5.74, 6) is -1.17. The van der Waals surface area contributed by atoms with Crippen molar-refractivity contribution in [1.29, 1.82) is 0 Å². The highest BCUT2D eigenvalue weighted by molar-refractivity contribution is 5.83. The smallest absolute Gasteiger partial charge is 0.311 e. The van der Waals surface area contributed by atoms with Crippen LogP contribution < -0.4 is 11.1 Å². The van der Waals surface area contributed by atoms with Gasteiger partial charge in [0, 0.05) is 6.54 Å². The van der Waals surface area contributed by atoms with E-state index in [1.165, 1.54) is 0 Å². The average molecular weight is 258 g/mol. The predicted octanol–water partition coefficient (Wildman–Crippen LogP) is 1.37. The van der Waals surface area contributed by atoms with Crippen molar-refractivity contribution in [3.63, 3.8) is 0 Å². The maximum atomic E-state index is 11.9. The lowest BCUT2D eigenvalue weighted by molar-refractivity contribution is -0.149. The summed E-state index contributed by atoms with van der Waals surface area (Å²) in [4.78, 5) is 23.1. The van der Waals surface area contributed by atoms with Crippen LogP contribution in [0, 0.1) is 10.8 Å². The predicted molar refractivity (Wildman–Crippen MR) is 71.1 cm³/mol. The van der Waals surface area contributed by atoms with E-state index in [0.29, 0.717) is 12.8 Å². The molecule has 1 atom stereocenters. The average Bonchev–Trinajstić information content (AvgIpc) is 2.28. The van der Waals surface area contributed by atoms with Crippen molar-refractivity contribution in [3.8, 4) is 0 Å². The number of amides is 1. The molecule has 5 heteroatoms. The van der Waals surface area contributed by atoms with Crippen LogP contribution in [0.15, 0.2) is 0 Å². The van der Waals surface area contributed by atoms with Gasteiger partial charge in [0.25, 0.3) is 0 Å². The second-order valence-electron chi connectivity index (χ2n) is 5.85.